The second-order valence-electron chi connectivity index (χ2n) is 2.68. The zero-order valence-corrected chi connectivity index (χ0v) is 7.06. The van der Waals surface area contributed by atoms with Gasteiger partial charge in [-0.2, -0.15) is 0 Å². The Morgan fingerprint density at radius 1 is 1.69 bits per heavy atom. The molecule has 0 saturated heterocycles. The molecule has 0 aliphatic carbocycles. The summed E-state index contributed by atoms with van der Waals surface area (Å²) < 4.78 is 0. The summed E-state index contributed by atoms with van der Waals surface area (Å²) in [6, 6.07) is 1.31. The third-order valence-electron chi connectivity index (χ3n) is 1.65. The fraction of sp³-hybridized carbons (Fsp3) is 0.250. The summed E-state index contributed by atoms with van der Waals surface area (Å²) in [4.78, 5) is 14.3. The van der Waals surface area contributed by atoms with Crippen LogP contribution in [-0.2, 0) is 0 Å². The number of carboxylic acid groups (broad SMARTS) is 1. The van der Waals surface area contributed by atoms with Crippen LogP contribution >= 0.6 is 0 Å². The number of anilines is 1. The molecule has 0 spiro atoms. The van der Waals surface area contributed by atoms with Crippen molar-refractivity contribution in [1.29, 1.82) is 0 Å². The second kappa shape index (κ2) is 3.40. The van der Waals surface area contributed by atoms with Gasteiger partial charge in [-0.3, -0.25) is 0 Å². The van der Waals surface area contributed by atoms with E-state index in [9.17, 15) is 4.79 Å². The minimum Gasteiger partial charge on any atom is -0.478 e. The van der Waals surface area contributed by atoms with E-state index in [2.05, 4.69) is 4.98 Å². The smallest absolute Gasteiger partial charge is 0.339 e. The lowest BCUT2D eigenvalue weighted by atomic mass is 10.1. The van der Waals surface area contributed by atoms with Crippen molar-refractivity contribution < 1.29 is 15.0 Å². The predicted molar refractivity (Wildman–Crippen MR) is 46.2 cm³/mol. The number of aliphatic hydroxyl groups excluding tert-OH is 1. The first-order valence-electron chi connectivity index (χ1n) is 3.69. The van der Waals surface area contributed by atoms with Gasteiger partial charge in [-0.15, -0.1) is 0 Å². The third-order valence-corrected chi connectivity index (χ3v) is 1.65. The van der Waals surface area contributed by atoms with Crippen LogP contribution in [0.3, 0.4) is 0 Å². The van der Waals surface area contributed by atoms with Crippen molar-refractivity contribution in [2.45, 2.75) is 13.0 Å². The molecule has 5 heteroatoms. The molecule has 70 valence electrons. The maximum atomic E-state index is 10.6. The molecule has 0 aliphatic rings. The van der Waals surface area contributed by atoms with E-state index >= 15 is 0 Å². The van der Waals surface area contributed by atoms with Crippen LogP contribution in [0.25, 0.3) is 0 Å². The number of nitrogens with zero attached hydrogens (tertiary/aromatic N) is 1. The van der Waals surface area contributed by atoms with Gasteiger partial charge in [-0.25, -0.2) is 9.78 Å². The van der Waals surface area contributed by atoms with Crippen LogP contribution < -0.4 is 5.73 Å². The summed E-state index contributed by atoms with van der Waals surface area (Å²) in [5, 5.41) is 17.8. The second-order valence-corrected chi connectivity index (χ2v) is 2.68. The normalized spacial score (nSPS) is 12.5. The van der Waals surface area contributed by atoms with Gasteiger partial charge in [-0.05, 0) is 18.6 Å². The average Bonchev–Trinajstić information content (AvgIpc) is 2.04. The first-order chi connectivity index (χ1) is 6.02. The van der Waals surface area contributed by atoms with Crippen molar-refractivity contribution >= 4 is 11.8 Å². The number of aromatic carboxylic acids is 1. The zero-order chi connectivity index (χ0) is 10.0. The molecule has 1 atom stereocenters. The molecule has 0 fully saturated rings. The summed E-state index contributed by atoms with van der Waals surface area (Å²) in [5.41, 5.74) is 5.67. The number of carbonyl (C=O) groups is 1. The molecule has 5 nitrogen and oxygen atoms in total. The quantitative estimate of drug-likeness (QED) is 0.615. The Labute approximate surface area is 74.8 Å². The van der Waals surface area contributed by atoms with E-state index in [1.165, 1.54) is 19.2 Å². The Morgan fingerprint density at radius 2 is 2.31 bits per heavy atom. The molecule has 1 heterocycles. The summed E-state index contributed by atoms with van der Waals surface area (Å²) in [5.74, 6) is -1.19. The maximum absolute atomic E-state index is 10.6. The molecule has 1 aromatic heterocycles. The van der Waals surface area contributed by atoms with Gasteiger partial charge in [-0.1, -0.05) is 0 Å². The lowest BCUT2D eigenvalue weighted by Gasteiger charge is -2.06. The van der Waals surface area contributed by atoms with E-state index in [1.54, 1.807) is 0 Å². The molecule has 0 radical (unpaired) electrons. The summed E-state index contributed by atoms with van der Waals surface area (Å²) >= 11 is 0. The molecule has 0 aromatic carbocycles. The van der Waals surface area contributed by atoms with Crippen LogP contribution in [0.5, 0.6) is 0 Å². The van der Waals surface area contributed by atoms with Gasteiger partial charge < -0.3 is 15.9 Å². The van der Waals surface area contributed by atoms with E-state index in [0.29, 0.717) is 5.56 Å². The Bertz CT molecular complexity index is 336. The maximum Gasteiger partial charge on any atom is 0.339 e. The van der Waals surface area contributed by atoms with E-state index in [4.69, 9.17) is 15.9 Å². The first kappa shape index (κ1) is 9.47. The Balaban J connectivity index is 3.19. The van der Waals surface area contributed by atoms with Crippen molar-refractivity contribution in [2.24, 2.45) is 0 Å². The van der Waals surface area contributed by atoms with Crippen molar-refractivity contribution in [3.05, 3.63) is 23.4 Å². The van der Waals surface area contributed by atoms with Crippen LogP contribution in [0, 0.1) is 0 Å². The van der Waals surface area contributed by atoms with Crippen LogP contribution in [0.15, 0.2) is 12.3 Å². The molecule has 0 bridgehead atoms. The number of nitrogen functional groups attached to an aromatic ring is 1. The van der Waals surface area contributed by atoms with E-state index in [1.807, 2.05) is 0 Å². The van der Waals surface area contributed by atoms with Crippen LogP contribution in [0.2, 0.25) is 0 Å². The molecule has 1 aromatic rings. The number of pyridine rings is 1. The van der Waals surface area contributed by atoms with Crippen molar-refractivity contribution in [3.8, 4) is 0 Å². The zero-order valence-electron chi connectivity index (χ0n) is 7.06. The Hall–Kier alpha value is -1.62. The lowest BCUT2D eigenvalue weighted by Crippen LogP contribution is -2.06. The molecular formula is C8H10N2O3. The van der Waals surface area contributed by atoms with Gasteiger partial charge in [0.1, 0.15) is 11.4 Å². The number of rotatable bonds is 2. The highest BCUT2D eigenvalue weighted by molar-refractivity contribution is 5.92. The number of hydrogen-bond acceptors (Lipinski definition) is 4. The van der Waals surface area contributed by atoms with Crippen LogP contribution in [0.1, 0.15) is 28.9 Å². The highest BCUT2D eigenvalue weighted by Crippen LogP contribution is 2.16. The van der Waals surface area contributed by atoms with Gasteiger partial charge >= 0.3 is 5.97 Å². The molecule has 0 saturated carbocycles. The highest BCUT2D eigenvalue weighted by Gasteiger charge is 2.11. The fourth-order valence-electron chi connectivity index (χ4n) is 0.891. The number of hydrogen-bond donors (Lipinski definition) is 3. The fourth-order valence-corrected chi connectivity index (χ4v) is 0.891. The molecule has 13 heavy (non-hydrogen) atoms. The van der Waals surface area contributed by atoms with Gasteiger partial charge in [0, 0.05) is 6.20 Å². The Morgan fingerprint density at radius 3 is 2.77 bits per heavy atom. The van der Waals surface area contributed by atoms with E-state index in [0.717, 1.165) is 0 Å². The predicted octanol–water partition coefficient (Wildman–Crippen LogP) is 0.415. The molecule has 1 unspecified atom stereocenters. The van der Waals surface area contributed by atoms with Crippen molar-refractivity contribution in [3.63, 3.8) is 0 Å². The molecule has 0 aliphatic heterocycles. The average molecular weight is 182 g/mol. The van der Waals surface area contributed by atoms with Crippen molar-refractivity contribution in [1.82, 2.24) is 4.98 Å². The highest BCUT2D eigenvalue weighted by atomic mass is 16.4. The van der Waals surface area contributed by atoms with Crippen molar-refractivity contribution in [2.75, 3.05) is 5.73 Å². The van der Waals surface area contributed by atoms with Crippen LogP contribution in [-0.4, -0.2) is 21.2 Å². The minimum atomic E-state index is -1.15. The topological polar surface area (TPSA) is 96.4 Å². The Kier molecular flexibility index (Phi) is 2.48. The number of nitrogens with two attached hydrogens (primary N) is 1. The monoisotopic (exact) mass is 182 g/mol. The van der Waals surface area contributed by atoms with Gasteiger partial charge in [0.15, 0.2) is 0 Å². The van der Waals surface area contributed by atoms with Crippen LogP contribution in [0.4, 0.5) is 5.82 Å². The number of carboxylic acids is 1. The number of aliphatic hydroxyl groups is 1. The summed E-state index contributed by atoms with van der Waals surface area (Å²) in [6.45, 7) is 1.53. The van der Waals surface area contributed by atoms with Gasteiger partial charge in [0.25, 0.3) is 0 Å². The van der Waals surface area contributed by atoms with Gasteiger partial charge in [0.2, 0.25) is 0 Å². The molecule has 4 N–H and O–H groups in total. The van der Waals surface area contributed by atoms with Gasteiger partial charge in [0.05, 0.1) is 6.10 Å². The molecule has 0 amide bonds. The van der Waals surface area contributed by atoms with E-state index < -0.39 is 12.1 Å². The molecule has 1 rings (SSSR count). The first-order valence-corrected chi connectivity index (χ1v) is 3.69. The third kappa shape index (κ3) is 1.94. The largest absolute Gasteiger partial charge is 0.478 e. The number of aromatic nitrogens is 1. The SMILES string of the molecule is CC(O)c1cnc(N)c(C(=O)O)c1. The standard InChI is InChI=1S/C8H10N2O3/c1-4(11)5-2-6(8(12)13)7(9)10-3-5/h2-4,11H,1H3,(H2,9,10)(H,12,13). The minimum absolute atomic E-state index is 0.0445. The van der Waals surface area contributed by atoms with E-state index in [-0.39, 0.29) is 11.4 Å². The lowest BCUT2D eigenvalue weighted by molar-refractivity contribution is 0.0697. The summed E-state index contributed by atoms with van der Waals surface area (Å²) in [6.07, 6.45) is 0.609. The molecular weight excluding hydrogens is 172 g/mol. The summed E-state index contributed by atoms with van der Waals surface area (Å²) in [7, 11) is 0.